The topological polar surface area (TPSA) is 45.2 Å². The molecule has 1 fully saturated rings. The average Bonchev–Trinajstić information content (AvgIpc) is 2.93. The third-order valence-electron chi connectivity index (χ3n) is 3.52. The molecule has 3 heterocycles. The van der Waals surface area contributed by atoms with Gasteiger partial charge in [-0.1, -0.05) is 11.6 Å². The first kappa shape index (κ1) is 16.3. The summed E-state index contributed by atoms with van der Waals surface area (Å²) >= 11 is 7.33. The van der Waals surface area contributed by atoms with Crippen molar-refractivity contribution in [2.45, 2.75) is 13.1 Å². The molecule has 1 saturated heterocycles. The van der Waals surface area contributed by atoms with Crippen LogP contribution in [0.5, 0.6) is 0 Å². The Balaban J connectivity index is 1.70. The summed E-state index contributed by atoms with van der Waals surface area (Å²) in [5.74, 6) is 1.12. The maximum atomic E-state index is 12.7. The van der Waals surface area contributed by atoms with Crippen molar-refractivity contribution in [2.75, 3.05) is 36.0 Å². The molecule has 2 aromatic heterocycles. The van der Waals surface area contributed by atoms with E-state index in [1.54, 1.807) is 0 Å². The summed E-state index contributed by atoms with van der Waals surface area (Å²) in [7, 11) is 0. The molecule has 0 radical (unpaired) electrons. The number of anilines is 2. The average molecular weight is 364 g/mol. The fraction of sp³-hybridized carbons (Fsp3) is 0.462. The lowest BCUT2D eigenvalue weighted by Crippen LogP contribution is -2.47. The van der Waals surface area contributed by atoms with Gasteiger partial charge in [0.15, 0.2) is 0 Å². The second-order valence-electron chi connectivity index (χ2n) is 5.13. The lowest BCUT2D eigenvalue weighted by molar-refractivity contribution is -0.137. The number of hydrogen-bond donors (Lipinski definition) is 0. The number of rotatable bonds is 2. The lowest BCUT2D eigenvalue weighted by Gasteiger charge is -2.35. The van der Waals surface area contributed by atoms with Gasteiger partial charge in [-0.2, -0.15) is 17.5 Å². The Morgan fingerprint density at radius 3 is 2.35 bits per heavy atom. The quantitative estimate of drug-likeness (QED) is 0.819. The maximum absolute atomic E-state index is 12.7. The fourth-order valence-corrected chi connectivity index (χ4v) is 3.35. The van der Waals surface area contributed by atoms with E-state index < -0.39 is 11.7 Å². The monoisotopic (exact) mass is 363 g/mol. The van der Waals surface area contributed by atoms with Crippen LogP contribution < -0.4 is 9.80 Å². The normalized spacial score (nSPS) is 16.0. The van der Waals surface area contributed by atoms with Crippen molar-refractivity contribution in [3.63, 3.8) is 0 Å². The summed E-state index contributed by atoms with van der Waals surface area (Å²) in [6.45, 7) is 4.43. The van der Waals surface area contributed by atoms with Crippen molar-refractivity contribution >= 4 is 34.1 Å². The van der Waals surface area contributed by atoms with Crippen LogP contribution in [0, 0.1) is 6.92 Å². The van der Waals surface area contributed by atoms with Crippen LogP contribution >= 0.6 is 23.1 Å². The first-order chi connectivity index (χ1) is 10.8. The van der Waals surface area contributed by atoms with Gasteiger partial charge in [-0.25, -0.2) is 9.97 Å². The zero-order valence-corrected chi connectivity index (χ0v) is 13.7. The largest absolute Gasteiger partial charge is 0.417 e. The van der Waals surface area contributed by atoms with Crippen LogP contribution in [-0.2, 0) is 6.18 Å². The number of aromatic nitrogens is 3. The Morgan fingerprint density at radius 2 is 1.83 bits per heavy atom. The van der Waals surface area contributed by atoms with Crippen LogP contribution in [0.15, 0.2) is 12.3 Å². The van der Waals surface area contributed by atoms with E-state index in [1.165, 1.54) is 11.5 Å². The van der Waals surface area contributed by atoms with Crippen molar-refractivity contribution in [3.8, 4) is 0 Å². The van der Waals surface area contributed by atoms with Gasteiger partial charge in [0.25, 0.3) is 0 Å². The molecule has 124 valence electrons. The van der Waals surface area contributed by atoms with Crippen molar-refractivity contribution in [3.05, 3.63) is 28.7 Å². The number of alkyl halides is 3. The zero-order valence-electron chi connectivity index (χ0n) is 12.1. The molecule has 1 aliphatic heterocycles. The van der Waals surface area contributed by atoms with E-state index in [-0.39, 0.29) is 5.02 Å². The van der Waals surface area contributed by atoms with E-state index in [0.29, 0.717) is 32.0 Å². The lowest BCUT2D eigenvalue weighted by atomic mass is 10.2. The third-order valence-corrected chi connectivity index (χ3v) is 4.66. The molecule has 0 bridgehead atoms. The van der Waals surface area contributed by atoms with Gasteiger partial charge in [-0.15, -0.1) is 0 Å². The van der Waals surface area contributed by atoms with Gasteiger partial charge >= 0.3 is 6.18 Å². The molecule has 23 heavy (non-hydrogen) atoms. The fourth-order valence-electron chi connectivity index (χ4n) is 2.34. The minimum Gasteiger partial charge on any atom is -0.352 e. The number of pyridine rings is 1. The minimum atomic E-state index is -4.44. The Morgan fingerprint density at radius 1 is 1.17 bits per heavy atom. The number of hydrogen-bond acceptors (Lipinski definition) is 6. The van der Waals surface area contributed by atoms with E-state index in [9.17, 15) is 13.2 Å². The smallest absolute Gasteiger partial charge is 0.352 e. The van der Waals surface area contributed by atoms with Crippen LogP contribution in [0.2, 0.25) is 5.02 Å². The van der Waals surface area contributed by atoms with Crippen molar-refractivity contribution in [2.24, 2.45) is 0 Å². The van der Waals surface area contributed by atoms with E-state index in [0.717, 1.165) is 23.2 Å². The van der Waals surface area contributed by atoms with E-state index in [2.05, 4.69) is 19.2 Å². The second kappa shape index (κ2) is 6.12. The molecule has 5 nitrogen and oxygen atoms in total. The third kappa shape index (κ3) is 3.50. The summed E-state index contributed by atoms with van der Waals surface area (Å²) in [6.07, 6.45) is -3.62. The molecule has 0 unspecified atom stereocenters. The number of aryl methyl sites for hydroxylation is 1. The first-order valence-electron chi connectivity index (χ1n) is 6.87. The summed E-state index contributed by atoms with van der Waals surface area (Å²) in [6, 6.07) is 0.921. The highest BCUT2D eigenvalue weighted by Crippen LogP contribution is 2.34. The van der Waals surface area contributed by atoms with Crippen molar-refractivity contribution in [1.82, 2.24) is 14.3 Å². The van der Waals surface area contributed by atoms with Crippen LogP contribution in [0.25, 0.3) is 0 Å². The molecule has 0 amide bonds. The number of halogens is 4. The van der Waals surface area contributed by atoms with Crippen molar-refractivity contribution < 1.29 is 13.2 Å². The molecule has 0 N–H and O–H groups in total. The predicted molar refractivity (Wildman–Crippen MR) is 83.3 cm³/mol. The molecule has 0 spiro atoms. The Kier molecular flexibility index (Phi) is 4.33. The number of nitrogens with zero attached hydrogens (tertiary/aromatic N) is 5. The summed E-state index contributed by atoms with van der Waals surface area (Å²) in [5.41, 5.74) is -0.839. The summed E-state index contributed by atoms with van der Waals surface area (Å²) in [4.78, 5) is 12.2. The Labute approximate surface area is 139 Å². The molecule has 0 aromatic carbocycles. The number of piperazine rings is 1. The van der Waals surface area contributed by atoms with Crippen LogP contribution in [0.3, 0.4) is 0 Å². The summed E-state index contributed by atoms with van der Waals surface area (Å²) in [5, 5.41) is 0.869. The first-order valence-corrected chi connectivity index (χ1v) is 8.02. The highest BCUT2D eigenvalue weighted by atomic mass is 35.5. The molecule has 3 rings (SSSR count). The van der Waals surface area contributed by atoms with Crippen LogP contribution in [-0.4, -0.2) is 40.5 Å². The molecule has 1 aliphatic rings. The Bertz CT molecular complexity index is 697. The second-order valence-corrected chi connectivity index (χ2v) is 6.26. The molecule has 10 heteroatoms. The molecular formula is C13H13ClF3N5S. The van der Waals surface area contributed by atoms with E-state index in [1.807, 2.05) is 11.8 Å². The van der Waals surface area contributed by atoms with E-state index in [4.69, 9.17) is 11.6 Å². The maximum Gasteiger partial charge on any atom is 0.417 e. The molecule has 2 aromatic rings. The SMILES string of the molecule is Cc1nsc(N2CCN(c3ncc(C(F)(F)F)cc3Cl)CC2)n1. The van der Waals surface area contributed by atoms with Gasteiger partial charge in [0.05, 0.1) is 10.6 Å². The molecule has 0 aliphatic carbocycles. The van der Waals surface area contributed by atoms with Crippen LogP contribution in [0.4, 0.5) is 24.1 Å². The Hall–Kier alpha value is -1.61. The molecule has 0 atom stereocenters. The van der Waals surface area contributed by atoms with Gasteiger partial charge in [-0.3, -0.25) is 0 Å². The van der Waals surface area contributed by atoms with Gasteiger partial charge in [0.2, 0.25) is 5.13 Å². The predicted octanol–water partition coefficient (Wildman–Crippen LogP) is 3.24. The van der Waals surface area contributed by atoms with Gasteiger partial charge in [-0.05, 0) is 13.0 Å². The highest BCUT2D eigenvalue weighted by Gasteiger charge is 2.32. The highest BCUT2D eigenvalue weighted by molar-refractivity contribution is 7.09. The standard InChI is InChI=1S/C13H13ClF3N5S/c1-8-19-12(23-20-8)22-4-2-21(3-5-22)11-10(14)6-9(7-18-11)13(15,16)17/h6-7H,2-5H2,1H3. The van der Waals surface area contributed by atoms with Gasteiger partial charge < -0.3 is 9.80 Å². The van der Waals surface area contributed by atoms with E-state index >= 15 is 0 Å². The van der Waals surface area contributed by atoms with Crippen molar-refractivity contribution in [1.29, 1.82) is 0 Å². The van der Waals surface area contributed by atoms with Gasteiger partial charge in [0, 0.05) is 43.9 Å². The molecular weight excluding hydrogens is 351 g/mol. The van der Waals surface area contributed by atoms with Crippen LogP contribution in [0.1, 0.15) is 11.4 Å². The zero-order chi connectivity index (χ0) is 16.6. The molecule has 0 saturated carbocycles. The minimum absolute atomic E-state index is 0.0139. The summed E-state index contributed by atoms with van der Waals surface area (Å²) < 4.78 is 42.1. The van der Waals surface area contributed by atoms with Gasteiger partial charge in [0.1, 0.15) is 11.6 Å².